The highest BCUT2D eigenvalue weighted by atomic mass is 16.3. The quantitative estimate of drug-likeness (QED) is 0.812. The van der Waals surface area contributed by atoms with Crippen LogP contribution in [0.15, 0.2) is 24.5 Å². The Balaban J connectivity index is 1.87. The van der Waals surface area contributed by atoms with Gasteiger partial charge in [-0.3, -0.25) is 9.78 Å². The summed E-state index contributed by atoms with van der Waals surface area (Å²) in [5.41, 5.74) is 0.320. The summed E-state index contributed by atoms with van der Waals surface area (Å²) in [4.78, 5) is 17.4. The van der Waals surface area contributed by atoms with Gasteiger partial charge in [-0.25, -0.2) is 0 Å². The van der Waals surface area contributed by atoms with Gasteiger partial charge in [0.2, 0.25) is 5.91 Å². The molecule has 4 nitrogen and oxygen atoms in total. The van der Waals surface area contributed by atoms with Gasteiger partial charge in [-0.2, -0.15) is 0 Å². The molecule has 1 N–H and O–H groups in total. The molecular weight excluding hydrogens is 204 g/mol. The van der Waals surface area contributed by atoms with Gasteiger partial charge in [0, 0.05) is 12.4 Å². The molecule has 0 spiro atoms. The predicted octanol–water partition coefficient (Wildman–Crippen LogP) is 0.607. The second-order valence-corrected chi connectivity index (χ2v) is 4.36. The molecule has 0 saturated carbocycles. The molecule has 0 aliphatic carbocycles. The first-order valence-electron chi connectivity index (χ1n) is 5.52. The minimum absolute atomic E-state index is 0.0734. The number of hydrogen-bond donors (Lipinski definition) is 1. The molecular formula is C12H16N2O2. The maximum Gasteiger partial charge on any atom is 0.227 e. The van der Waals surface area contributed by atoms with Crippen LogP contribution in [0.25, 0.3) is 0 Å². The molecule has 2 heterocycles. The van der Waals surface area contributed by atoms with Gasteiger partial charge in [0.05, 0.1) is 25.1 Å². The zero-order chi connectivity index (χ0) is 11.6. The SMILES string of the molecule is CCC1(O)CN(C(=O)Cc2ccncc2)C1. The molecule has 1 saturated heterocycles. The third-order valence-electron chi connectivity index (χ3n) is 3.09. The molecule has 1 amide bonds. The van der Waals surface area contributed by atoms with Crippen molar-refractivity contribution in [2.45, 2.75) is 25.4 Å². The van der Waals surface area contributed by atoms with Crippen molar-refractivity contribution in [3.8, 4) is 0 Å². The molecule has 1 aliphatic rings. The highest BCUT2D eigenvalue weighted by molar-refractivity contribution is 5.79. The fraction of sp³-hybridized carbons (Fsp3) is 0.500. The van der Waals surface area contributed by atoms with E-state index in [0.717, 1.165) is 5.56 Å². The monoisotopic (exact) mass is 220 g/mol. The number of carbonyl (C=O) groups is 1. The molecule has 1 aliphatic heterocycles. The molecule has 2 rings (SSSR count). The summed E-state index contributed by atoms with van der Waals surface area (Å²) in [6.07, 6.45) is 4.45. The molecule has 0 bridgehead atoms. The minimum Gasteiger partial charge on any atom is -0.386 e. The van der Waals surface area contributed by atoms with Crippen LogP contribution < -0.4 is 0 Å². The van der Waals surface area contributed by atoms with E-state index in [1.54, 1.807) is 17.3 Å². The van der Waals surface area contributed by atoms with Crippen LogP contribution in [-0.2, 0) is 11.2 Å². The molecule has 0 unspecified atom stereocenters. The van der Waals surface area contributed by atoms with Gasteiger partial charge >= 0.3 is 0 Å². The molecule has 1 aromatic rings. The summed E-state index contributed by atoms with van der Waals surface area (Å²) >= 11 is 0. The van der Waals surface area contributed by atoms with Gasteiger partial charge in [0.1, 0.15) is 0 Å². The van der Waals surface area contributed by atoms with Crippen LogP contribution in [0.2, 0.25) is 0 Å². The second-order valence-electron chi connectivity index (χ2n) is 4.36. The standard InChI is InChI=1S/C12H16N2O2/c1-2-12(16)8-14(9-12)11(15)7-10-3-5-13-6-4-10/h3-6,16H,2,7-9H2,1H3. The number of aromatic nitrogens is 1. The van der Waals surface area contributed by atoms with E-state index in [1.165, 1.54) is 0 Å². The van der Waals surface area contributed by atoms with Crippen molar-refractivity contribution < 1.29 is 9.90 Å². The smallest absolute Gasteiger partial charge is 0.227 e. The lowest BCUT2D eigenvalue weighted by Gasteiger charge is -2.46. The van der Waals surface area contributed by atoms with Gasteiger partial charge in [-0.05, 0) is 24.1 Å². The zero-order valence-electron chi connectivity index (χ0n) is 9.39. The minimum atomic E-state index is -0.645. The summed E-state index contributed by atoms with van der Waals surface area (Å²) in [6, 6.07) is 3.67. The number of hydrogen-bond acceptors (Lipinski definition) is 3. The number of β-amino-alcohol motifs (C(OH)–C–C–N with tert-alkyl or cyclic N) is 1. The van der Waals surface area contributed by atoms with Gasteiger partial charge < -0.3 is 10.0 Å². The number of likely N-dealkylation sites (tertiary alicyclic amines) is 1. The molecule has 4 heteroatoms. The number of aliphatic hydroxyl groups is 1. The Morgan fingerprint density at radius 1 is 1.50 bits per heavy atom. The van der Waals surface area contributed by atoms with Crippen molar-refractivity contribution in [1.29, 1.82) is 0 Å². The average molecular weight is 220 g/mol. The van der Waals surface area contributed by atoms with Gasteiger partial charge in [-0.1, -0.05) is 6.92 Å². The normalized spacial score (nSPS) is 18.0. The van der Waals surface area contributed by atoms with E-state index >= 15 is 0 Å². The van der Waals surface area contributed by atoms with Gasteiger partial charge in [-0.15, -0.1) is 0 Å². The Kier molecular flexibility index (Phi) is 2.92. The van der Waals surface area contributed by atoms with Crippen molar-refractivity contribution in [2.75, 3.05) is 13.1 Å². The average Bonchev–Trinajstić information content (AvgIpc) is 2.26. The van der Waals surface area contributed by atoms with Crippen LogP contribution in [0.4, 0.5) is 0 Å². The fourth-order valence-corrected chi connectivity index (χ4v) is 1.85. The number of rotatable bonds is 3. The van der Waals surface area contributed by atoms with E-state index < -0.39 is 5.60 Å². The highest BCUT2D eigenvalue weighted by Gasteiger charge is 2.41. The van der Waals surface area contributed by atoms with Crippen LogP contribution in [0, 0.1) is 0 Å². The van der Waals surface area contributed by atoms with E-state index in [-0.39, 0.29) is 5.91 Å². The summed E-state index contributed by atoms with van der Waals surface area (Å²) < 4.78 is 0. The van der Waals surface area contributed by atoms with E-state index in [2.05, 4.69) is 4.98 Å². The summed E-state index contributed by atoms with van der Waals surface area (Å²) in [5, 5.41) is 9.80. The first-order chi connectivity index (χ1) is 7.63. The van der Waals surface area contributed by atoms with Crippen LogP contribution in [0.3, 0.4) is 0 Å². The first-order valence-corrected chi connectivity index (χ1v) is 5.52. The van der Waals surface area contributed by atoms with E-state index in [9.17, 15) is 9.90 Å². The van der Waals surface area contributed by atoms with Crippen LogP contribution in [-0.4, -0.2) is 39.6 Å². The zero-order valence-corrected chi connectivity index (χ0v) is 9.39. The van der Waals surface area contributed by atoms with Crippen molar-refractivity contribution >= 4 is 5.91 Å². The van der Waals surface area contributed by atoms with Crippen molar-refractivity contribution in [3.63, 3.8) is 0 Å². The first kappa shape index (κ1) is 11.1. The van der Waals surface area contributed by atoms with Crippen molar-refractivity contribution in [1.82, 2.24) is 9.88 Å². The van der Waals surface area contributed by atoms with E-state index in [1.807, 2.05) is 19.1 Å². The van der Waals surface area contributed by atoms with Crippen LogP contribution in [0.5, 0.6) is 0 Å². The lowest BCUT2D eigenvalue weighted by Crippen LogP contribution is -2.63. The van der Waals surface area contributed by atoms with Gasteiger partial charge in [0.15, 0.2) is 0 Å². The molecule has 86 valence electrons. The Bertz CT molecular complexity index is 372. The third kappa shape index (κ3) is 2.22. The third-order valence-corrected chi connectivity index (χ3v) is 3.09. The second kappa shape index (κ2) is 4.22. The predicted molar refractivity (Wildman–Crippen MR) is 59.8 cm³/mol. The lowest BCUT2D eigenvalue weighted by molar-refractivity contribution is -0.155. The lowest BCUT2D eigenvalue weighted by atomic mass is 9.91. The molecule has 1 fully saturated rings. The summed E-state index contributed by atoms with van der Waals surface area (Å²) in [6.45, 7) is 2.87. The molecule has 0 radical (unpaired) electrons. The van der Waals surface area contributed by atoms with Crippen molar-refractivity contribution in [2.24, 2.45) is 0 Å². The Morgan fingerprint density at radius 2 is 2.12 bits per heavy atom. The topological polar surface area (TPSA) is 53.4 Å². The molecule has 0 aromatic carbocycles. The van der Waals surface area contributed by atoms with Crippen molar-refractivity contribution in [3.05, 3.63) is 30.1 Å². The van der Waals surface area contributed by atoms with Crippen LogP contribution >= 0.6 is 0 Å². The van der Waals surface area contributed by atoms with E-state index in [0.29, 0.717) is 25.9 Å². The van der Waals surface area contributed by atoms with E-state index in [4.69, 9.17) is 0 Å². The largest absolute Gasteiger partial charge is 0.386 e. The summed E-state index contributed by atoms with van der Waals surface area (Å²) in [5.74, 6) is 0.0734. The highest BCUT2D eigenvalue weighted by Crippen LogP contribution is 2.24. The number of nitrogens with zero attached hydrogens (tertiary/aromatic N) is 2. The fourth-order valence-electron chi connectivity index (χ4n) is 1.85. The molecule has 16 heavy (non-hydrogen) atoms. The summed E-state index contributed by atoms with van der Waals surface area (Å²) in [7, 11) is 0. The number of pyridine rings is 1. The van der Waals surface area contributed by atoms with Crippen LogP contribution in [0.1, 0.15) is 18.9 Å². The molecule has 1 aromatic heterocycles. The number of amides is 1. The maximum absolute atomic E-state index is 11.8. The maximum atomic E-state index is 11.8. The Hall–Kier alpha value is -1.42. The molecule has 0 atom stereocenters. The Morgan fingerprint density at radius 3 is 2.69 bits per heavy atom. The van der Waals surface area contributed by atoms with Gasteiger partial charge in [0.25, 0.3) is 0 Å². The Labute approximate surface area is 94.9 Å². The number of carbonyl (C=O) groups excluding carboxylic acids is 1.